The van der Waals surface area contributed by atoms with Gasteiger partial charge in [0, 0.05) is 11.4 Å². The molecule has 108 valence electrons. The topological polar surface area (TPSA) is 57.6 Å². The van der Waals surface area contributed by atoms with Gasteiger partial charge in [-0.2, -0.15) is 0 Å². The van der Waals surface area contributed by atoms with Crippen LogP contribution in [0.5, 0.6) is 0 Å². The van der Waals surface area contributed by atoms with Gasteiger partial charge in [0.15, 0.2) is 0 Å². The van der Waals surface area contributed by atoms with Crippen LogP contribution >= 0.6 is 11.3 Å². The van der Waals surface area contributed by atoms with Gasteiger partial charge in [-0.05, 0) is 42.7 Å². The van der Waals surface area contributed by atoms with E-state index in [1.807, 2.05) is 4.90 Å². The average molecular weight is 293 g/mol. The van der Waals surface area contributed by atoms with Crippen LogP contribution < -0.4 is 0 Å². The number of hydrogen-bond donors (Lipinski definition) is 1. The molecule has 4 nitrogen and oxygen atoms in total. The van der Waals surface area contributed by atoms with E-state index in [2.05, 4.69) is 18.4 Å². The number of carboxylic acid groups (broad SMARTS) is 1. The molecular formula is C15H19NO3S. The van der Waals surface area contributed by atoms with Crippen molar-refractivity contribution < 1.29 is 14.7 Å². The van der Waals surface area contributed by atoms with E-state index in [0.717, 1.165) is 25.8 Å². The van der Waals surface area contributed by atoms with Crippen molar-refractivity contribution in [2.75, 3.05) is 6.54 Å². The predicted octanol–water partition coefficient (Wildman–Crippen LogP) is 2.69. The Labute approximate surface area is 122 Å². The van der Waals surface area contributed by atoms with Crippen LogP contribution in [0.3, 0.4) is 0 Å². The molecule has 2 aliphatic rings. The van der Waals surface area contributed by atoms with E-state index in [0.29, 0.717) is 6.42 Å². The molecule has 0 bridgehead atoms. The van der Waals surface area contributed by atoms with Crippen LogP contribution in [0.4, 0.5) is 0 Å². The number of nitrogens with zero attached hydrogens (tertiary/aromatic N) is 1. The fourth-order valence-electron chi connectivity index (χ4n) is 3.40. The fourth-order valence-corrected chi connectivity index (χ4v) is 4.33. The van der Waals surface area contributed by atoms with Crippen molar-refractivity contribution in [1.29, 1.82) is 0 Å². The Morgan fingerprint density at radius 3 is 2.75 bits per heavy atom. The lowest BCUT2D eigenvalue weighted by molar-refractivity contribution is -0.158. The molecule has 0 radical (unpaired) electrons. The van der Waals surface area contributed by atoms with E-state index in [-0.39, 0.29) is 17.9 Å². The second-order valence-corrected chi connectivity index (χ2v) is 6.63. The minimum absolute atomic E-state index is 0.0485. The number of carbonyl (C=O) groups excluding carboxylic acids is 1. The Kier molecular flexibility index (Phi) is 3.54. The van der Waals surface area contributed by atoms with E-state index in [1.165, 1.54) is 10.4 Å². The predicted molar refractivity (Wildman–Crippen MR) is 76.6 cm³/mol. The second kappa shape index (κ2) is 5.20. The van der Waals surface area contributed by atoms with Crippen molar-refractivity contribution in [3.05, 3.63) is 21.9 Å². The molecule has 1 aromatic rings. The molecule has 0 spiro atoms. The SMILES string of the molecule is CCC1c2ccsc2CCN1C(=O)C1CCC1C(=O)O. The van der Waals surface area contributed by atoms with Crippen molar-refractivity contribution in [2.24, 2.45) is 11.8 Å². The molecular weight excluding hydrogens is 274 g/mol. The second-order valence-electron chi connectivity index (χ2n) is 5.63. The van der Waals surface area contributed by atoms with Crippen molar-refractivity contribution in [2.45, 2.75) is 38.6 Å². The summed E-state index contributed by atoms with van der Waals surface area (Å²) in [5, 5.41) is 11.2. The smallest absolute Gasteiger partial charge is 0.307 e. The summed E-state index contributed by atoms with van der Waals surface area (Å²) < 4.78 is 0. The maximum Gasteiger partial charge on any atom is 0.307 e. The fraction of sp³-hybridized carbons (Fsp3) is 0.600. The molecule has 2 heterocycles. The maximum absolute atomic E-state index is 12.7. The van der Waals surface area contributed by atoms with Gasteiger partial charge in [0.1, 0.15) is 0 Å². The third kappa shape index (κ3) is 2.04. The van der Waals surface area contributed by atoms with E-state index < -0.39 is 11.9 Å². The van der Waals surface area contributed by atoms with E-state index in [4.69, 9.17) is 5.11 Å². The highest BCUT2D eigenvalue weighted by molar-refractivity contribution is 7.10. The van der Waals surface area contributed by atoms with Crippen molar-refractivity contribution in [1.82, 2.24) is 4.90 Å². The molecule has 1 aromatic heterocycles. The number of hydrogen-bond acceptors (Lipinski definition) is 3. The maximum atomic E-state index is 12.7. The van der Waals surface area contributed by atoms with E-state index in [9.17, 15) is 9.59 Å². The summed E-state index contributed by atoms with van der Waals surface area (Å²) in [6.45, 7) is 2.82. The molecule has 3 atom stereocenters. The highest BCUT2D eigenvalue weighted by atomic mass is 32.1. The molecule has 1 amide bonds. The minimum Gasteiger partial charge on any atom is -0.481 e. The quantitative estimate of drug-likeness (QED) is 0.932. The Hall–Kier alpha value is -1.36. The zero-order chi connectivity index (χ0) is 14.3. The third-order valence-corrected chi connectivity index (χ3v) is 5.67. The van der Waals surface area contributed by atoms with Crippen LogP contribution in [0.1, 0.15) is 42.7 Å². The lowest BCUT2D eigenvalue weighted by Crippen LogP contribution is -2.49. The Morgan fingerprint density at radius 1 is 1.40 bits per heavy atom. The Bertz CT molecular complexity index is 539. The van der Waals surface area contributed by atoms with Gasteiger partial charge in [-0.1, -0.05) is 6.92 Å². The molecule has 0 saturated heterocycles. The number of thiophene rings is 1. The largest absolute Gasteiger partial charge is 0.481 e. The highest BCUT2D eigenvalue weighted by Crippen LogP contribution is 2.41. The van der Waals surface area contributed by atoms with Crippen LogP contribution in [0.2, 0.25) is 0 Å². The van der Waals surface area contributed by atoms with Crippen molar-refractivity contribution in [3.8, 4) is 0 Å². The van der Waals surface area contributed by atoms with Crippen LogP contribution in [0, 0.1) is 11.8 Å². The van der Waals surface area contributed by atoms with Gasteiger partial charge in [-0.3, -0.25) is 9.59 Å². The molecule has 3 unspecified atom stereocenters. The monoisotopic (exact) mass is 293 g/mol. The molecule has 3 rings (SSSR count). The molecule has 1 fully saturated rings. The summed E-state index contributed by atoms with van der Waals surface area (Å²) in [6.07, 6.45) is 3.15. The highest BCUT2D eigenvalue weighted by Gasteiger charge is 2.45. The van der Waals surface area contributed by atoms with Gasteiger partial charge in [0.05, 0.1) is 17.9 Å². The number of fused-ring (bicyclic) bond motifs is 1. The van der Waals surface area contributed by atoms with Crippen molar-refractivity contribution in [3.63, 3.8) is 0 Å². The first kappa shape index (κ1) is 13.6. The summed E-state index contributed by atoms with van der Waals surface area (Å²) in [7, 11) is 0. The molecule has 0 aromatic carbocycles. The zero-order valence-corrected chi connectivity index (χ0v) is 12.4. The summed E-state index contributed by atoms with van der Waals surface area (Å²) >= 11 is 1.76. The molecule has 1 aliphatic carbocycles. The molecule has 1 saturated carbocycles. The van der Waals surface area contributed by atoms with Gasteiger partial charge >= 0.3 is 5.97 Å². The molecule has 20 heavy (non-hydrogen) atoms. The van der Waals surface area contributed by atoms with Crippen LogP contribution in [0.15, 0.2) is 11.4 Å². The number of carbonyl (C=O) groups is 2. The van der Waals surface area contributed by atoms with E-state index >= 15 is 0 Å². The van der Waals surface area contributed by atoms with Gasteiger partial charge in [0.2, 0.25) is 5.91 Å². The lowest BCUT2D eigenvalue weighted by atomic mass is 9.72. The normalized spacial score (nSPS) is 28.6. The first-order valence-electron chi connectivity index (χ1n) is 7.23. The number of amides is 1. The van der Waals surface area contributed by atoms with Gasteiger partial charge in [0.25, 0.3) is 0 Å². The summed E-state index contributed by atoms with van der Waals surface area (Å²) in [4.78, 5) is 27.1. The summed E-state index contributed by atoms with van der Waals surface area (Å²) in [5.41, 5.74) is 1.27. The Balaban J connectivity index is 1.80. The standard InChI is InChI=1S/C15H19NO3S/c1-2-12-11-6-8-20-13(11)5-7-16(12)14(17)9-3-4-10(9)15(18)19/h6,8-10,12H,2-5,7H2,1H3,(H,18,19). The van der Waals surface area contributed by atoms with Crippen LogP contribution in [-0.2, 0) is 16.0 Å². The summed E-state index contributed by atoms with van der Waals surface area (Å²) in [5.74, 6) is -1.55. The molecule has 1 aliphatic heterocycles. The molecule has 5 heteroatoms. The number of carboxylic acids is 1. The zero-order valence-electron chi connectivity index (χ0n) is 11.5. The number of aliphatic carboxylic acids is 1. The minimum atomic E-state index is -0.823. The third-order valence-electron chi connectivity index (χ3n) is 4.67. The summed E-state index contributed by atoms with van der Waals surface area (Å²) in [6, 6.07) is 2.25. The van der Waals surface area contributed by atoms with Crippen molar-refractivity contribution >= 4 is 23.2 Å². The average Bonchev–Trinajstić information content (AvgIpc) is 2.83. The first-order valence-corrected chi connectivity index (χ1v) is 8.11. The Morgan fingerprint density at radius 2 is 2.15 bits per heavy atom. The van der Waals surface area contributed by atoms with Gasteiger partial charge in [-0.15, -0.1) is 11.3 Å². The molecule has 1 N–H and O–H groups in total. The number of rotatable bonds is 3. The first-order chi connectivity index (χ1) is 9.63. The lowest BCUT2D eigenvalue weighted by Gasteiger charge is -2.41. The van der Waals surface area contributed by atoms with Gasteiger partial charge < -0.3 is 10.0 Å². The van der Waals surface area contributed by atoms with Crippen LogP contribution in [-0.4, -0.2) is 28.4 Å². The van der Waals surface area contributed by atoms with Gasteiger partial charge in [-0.25, -0.2) is 0 Å². The van der Waals surface area contributed by atoms with E-state index in [1.54, 1.807) is 11.3 Å². The van der Waals surface area contributed by atoms with Crippen LogP contribution in [0.25, 0.3) is 0 Å².